The molecule has 1 aliphatic rings. The third-order valence-electron chi connectivity index (χ3n) is 3.84. The van der Waals surface area contributed by atoms with Gasteiger partial charge in [-0.3, -0.25) is 4.18 Å². The van der Waals surface area contributed by atoms with Crippen molar-refractivity contribution in [2.45, 2.75) is 43.6 Å². The van der Waals surface area contributed by atoms with Crippen molar-refractivity contribution in [3.63, 3.8) is 0 Å². The second kappa shape index (κ2) is 6.70. The molecule has 0 aromatic heterocycles. The van der Waals surface area contributed by atoms with Crippen molar-refractivity contribution in [1.82, 2.24) is 0 Å². The van der Waals surface area contributed by atoms with Gasteiger partial charge in [-0.25, -0.2) is 0 Å². The van der Waals surface area contributed by atoms with Gasteiger partial charge in [0.25, 0.3) is 10.1 Å². The minimum atomic E-state index is -3.64. The standard InChI is InChI=1S/C15H22O4S/c1-12-6-8-15(9-7-12)20(16,17)19-11-13-4-3-5-14(10-13)18-2/h6-9,13-14H,3-5,10-11H2,1-2H3. The number of benzene rings is 1. The number of methoxy groups -OCH3 is 1. The topological polar surface area (TPSA) is 52.6 Å². The van der Waals surface area contributed by atoms with Gasteiger partial charge < -0.3 is 4.74 Å². The first-order valence-electron chi connectivity index (χ1n) is 7.00. The highest BCUT2D eigenvalue weighted by atomic mass is 32.2. The Bertz CT molecular complexity index is 521. The van der Waals surface area contributed by atoms with Crippen LogP contribution in [0.25, 0.3) is 0 Å². The molecule has 1 aliphatic carbocycles. The fourth-order valence-corrected chi connectivity index (χ4v) is 3.54. The predicted molar refractivity (Wildman–Crippen MR) is 77.1 cm³/mol. The normalized spacial score (nSPS) is 23.7. The van der Waals surface area contributed by atoms with Crippen molar-refractivity contribution in [2.75, 3.05) is 13.7 Å². The van der Waals surface area contributed by atoms with Crippen LogP contribution in [-0.4, -0.2) is 28.2 Å². The summed E-state index contributed by atoms with van der Waals surface area (Å²) < 4.78 is 34.7. The van der Waals surface area contributed by atoms with Crippen molar-refractivity contribution in [3.05, 3.63) is 29.8 Å². The zero-order valence-corrected chi connectivity index (χ0v) is 12.9. The highest BCUT2D eigenvalue weighted by Gasteiger charge is 2.24. The summed E-state index contributed by atoms with van der Waals surface area (Å²) in [5.74, 6) is 0.258. The second-order valence-electron chi connectivity index (χ2n) is 5.44. The summed E-state index contributed by atoms with van der Waals surface area (Å²) in [6.45, 7) is 2.17. The SMILES string of the molecule is COC1CCCC(COS(=O)(=O)c2ccc(C)cc2)C1. The van der Waals surface area contributed by atoms with Crippen LogP contribution in [0.15, 0.2) is 29.2 Å². The molecule has 0 radical (unpaired) electrons. The van der Waals surface area contributed by atoms with Gasteiger partial charge >= 0.3 is 0 Å². The van der Waals surface area contributed by atoms with Gasteiger partial charge in [0.2, 0.25) is 0 Å². The Balaban J connectivity index is 1.94. The molecule has 2 rings (SSSR count). The molecule has 2 unspecified atom stereocenters. The maximum atomic E-state index is 12.1. The van der Waals surface area contributed by atoms with Crippen LogP contribution >= 0.6 is 0 Å². The Hall–Kier alpha value is -0.910. The Kier molecular flexibility index (Phi) is 5.18. The van der Waals surface area contributed by atoms with Gasteiger partial charge in [-0.2, -0.15) is 8.42 Å². The molecule has 2 atom stereocenters. The summed E-state index contributed by atoms with van der Waals surface area (Å²) in [4.78, 5) is 0.224. The first-order valence-corrected chi connectivity index (χ1v) is 8.41. The van der Waals surface area contributed by atoms with Crippen LogP contribution in [0.2, 0.25) is 0 Å². The lowest BCUT2D eigenvalue weighted by Crippen LogP contribution is -2.25. The summed E-state index contributed by atoms with van der Waals surface area (Å²) >= 11 is 0. The van der Waals surface area contributed by atoms with E-state index in [1.165, 1.54) is 0 Å². The van der Waals surface area contributed by atoms with Gasteiger partial charge in [-0.15, -0.1) is 0 Å². The van der Waals surface area contributed by atoms with E-state index in [2.05, 4.69) is 0 Å². The monoisotopic (exact) mass is 298 g/mol. The molecule has 5 heteroatoms. The lowest BCUT2D eigenvalue weighted by Gasteiger charge is -2.27. The largest absolute Gasteiger partial charge is 0.381 e. The molecule has 0 spiro atoms. The van der Waals surface area contributed by atoms with E-state index in [0.717, 1.165) is 31.2 Å². The second-order valence-corrected chi connectivity index (χ2v) is 7.06. The van der Waals surface area contributed by atoms with Gasteiger partial charge in [0.05, 0.1) is 17.6 Å². The van der Waals surface area contributed by atoms with Crippen LogP contribution in [0, 0.1) is 12.8 Å². The molecule has 4 nitrogen and oxygen atoms in total. The van der Waals surface area contributed by atoms with Crippen LogP contribution < -0.4 is 0 Å². The van der Waals surface area contributed by atoms with Crippen molar-refractivity contribution >= 4 is 10.1 Å². The van der Waals surface area contributed by atoms with Gasteiger partial charge in [0.15, 0.2) is 0 Å². The summed E-state index contributed by atoms with van der Waals surface area (Å²) in [6, 6.07) is 6.72. The lowest BCUT2D eigenvalue weighted by molar-refractivity contribution is 0.0400. The van der Waals surface area contributed by atoms with Crippen LogP contribution in [-0.2, 0) is 19.0 Å². The highest BCUT2D eigenvalue weighted by Crippen LogP contribution is 2.27. The van der Waals surface area contributed by atoms with E-state index in [4.69, 9.17) is 8.92 Å². The van der Waals surface area contributed by atoms with Crippen molar-refractivity contribution in [2.24, 2.45) is 5.92 Å². The Morgan fingerprint density at radius 2 is 1.90 bits per heavy atom. The van der Waals surface area contributed by atoms with E-state index in [1.54, 1.807) is 31.4 Å². The van der Waals surface area contributed by atoms with Crippen molar-refractivity contribution in [3.8, 4) is 0 Å². The van der Waals surface area contributed by atoms with Crippen LogP contribution in [0.1, 0.15) is 31.2 Å². The molecule has 0 saturated heterocycles. The molecular weight excluding hydrogens is 276 g/mol. The highest BCUT2D eigenvalue weighted by molar-refractivity contribution is 7.86. The third-order valence-corrected chi connectivity index (χ3v) is 5.13. The van der Waals surface area contributed by atoms with E-state index < -0.39 is 10.1 Å². The molecule has 0 aliphatic heterocycles. The number of rotatable bonds is 5. The van der Waals surface area contributed by atoms with Gasteiger partial charge in [0.1, 0.15) is 0 Å². The minimum Gasteiger partial charge on any atom is -0.381 e. The van der Waals surface area contributed by atoms with E-state index in [1.807, 2.05) is 6.92 Å². The molecule has 20 heavy (non-hydrogen) atoms. The van der Waals surface area contributed by atoms with E-state index in [-0.39, 0.29) is 23.5 Å². The lowest BCUT2D eigenvalue weighted by atomic mass is 9.88. The average molecular weight is 298 g/mol. The third kappa shape index (κ3) is 4.04. The maximum absolute atomic E-state index is 12.1. The van der Waals surface area contributed by atoms with Crippen LogP contribution in [0.5, 0.6) is 0 Å². The van der Waals surface area contributed by atoms with Gasteiger partial charge in [-0.05, 0) is 44.2 Å². The Morgan fingerprint density at radius 1 is 1.20 bits per heavy atom. The molecular formula is C15H22O4S. The molecule has 0 amide bonds. The molecule has 1 aromatic rings. The Labute approximate surface area is 121 Å². The molecule has 1 saturated carbocycles. The quantitative estimate of drug-likeness (QED) is 0.784. The van der Waals surface area contributed by atoms with Crippen LogP contribution in [0.4, 0.5) is 0 Å². The zero-order valence-electron chi connectivity index (χ0n) is 12.0. The zero-order chi connectivity index (χ0) is 14.6. The van der Waals surface area contributed by atoms with Crippen LogP contribution in [0.3, 0.4) is 0 Å². The van der Waals surface area contributed by atoms with Gasteiger partial charge in [-0.1, -0.05) is 24.1 Å². The first kappa shape index (κ1) is 15.5. The van der Waals surface area contributed by atoms with E-state index >= 15 is 0 Å². The van der Waals surface area contributed by atoms with Crippen molar-refractivity contribution < 1.29 is 17.3 Å². The fraction of sp³-hybridized carbons (Fsp3) is 0.600. The molecule has 0 N–H and O–H groups in total. The molecule has 1 aromatic carbocycles. The fourth-order valence-electron chi connectivity index (χ4n) is 2.57. The predicted octanol–water partition coefficient (Wildman–Crippen LogP) is 2.91. The molecule has 1 fully saturated rings. The summed E-state index contributed by atoms with van der Waals surface area (Å²) in [6.07, 6.45) is 4.23. The molecule has 112 valence electrons. The molecule has 0 heterocycles. The number of aryl methyl sites for hydroxylation is 1. The summed E-state index contributed by atoms with van der Waals surface area (Å²) in [5.41, 5.74) is 1.03. The average Bonchev–Trinajstić information content (AvgIpc) is 2.46. The summed E-state index contributed by atoms with van der Waals surface area (Å²) in [7, 11) is -1.94. The minimum absolute atomic E-state index is 0.224. The van der Waals surface area contributed by atoms with Gasteiger partial charge in [0, 0.05) is 7.11 Å². The summed E-state index contributed by atoms with van der Waals surface area (Å²) in [5, 5.41) is 0. The number of hydrogen-bond acceptors (Lipinski definition) is 4. The number of hydrogen-bond donors (Lipinski definition) is 0. The number of ether oxygens (including phenoxy) is 1. The van der Waals surface area contributed by atoms with E-state index in [0.29, 0.717) is 0 Å². The maximum Gasteiger partial charge on any atom is 0.296 e. The smallest absolute Gasteiger partial charge is 0.296 e. The van der Waals surface area contributed by atoms with Crippen molar-refractivity contribution in [1.29, 1.82) is 0 Å². The first-order chi connectivity index (χ1) is 9.51. The van der Waals surface area contributed by atoms with E-state index in [9.17, 15) is 8.42 Å². The Morgan fingerprint density at radius 3 is 2.55 bits per heavy atom. The molecule has 0 bridgehead atoms.